The SMILES string of the molecule is CC1CCN(Cc2c(C(=O)NN=Cc3cc([N+](=O)[O-])ccc3OCc3c(Cl)cccc3Cl)nnn2-c2nonc2N)CC1. The number of halogens is 2. The predicted molar refractivity (Wildman–Crippen MR) is 156 cm³/mol. The number of hydrogen-bond donors (Lipinski definition) is 2. The van der Waals surface area contributed by atoms with Gasteiger partial charge in [-0.3, -0.25) is 19.8 Å². The number of nitro groups is 1. The number of ether oxygens (including phenoxy) is 1. The molecular formula is C26H26Cl2N10O5. The van der Waals surface area contributed by atoms with Crippen LogP contribution in [0.4, 0.5) is 11.5 Å². The van der Waals surface area contributed by atoms with Gasteiger partial charge in [0, 0.05) is 39.8 Å². The molecule has 5 rings (SSSR count). The number of benzene rings is 2. The lowest BCUT2D eigenvalue weighted by Crippen LogP contribution is -2.34. The van der Waals surface area contributed by atoms with Crippen molar-refractivity contribution >= 4 is 46.8 Å². The number of nitrogens with two attached hydrogens (primary N) is 1. The molecule has 1 fully saturated rings. The largest absolute Gasteiger partial charge is 0.488 e. The Bertz CT molecular complexity index is 1650. The molecule has 17 heteroatoms. The number of non-ortho nitro benzene ring substituents is 1. The van der Waals surface area contributed by atoms with E-state index in [1.54, 1.807) is 18.2 Å². The fraction of sp³-hybridized carbons (Fsp3) is 0.308. The topological polar surface area (TPSA) is 193 Å². The van der Waals surface area contributed by atoms with Crippen LogP contribution < -0.4 is 15.9 Å². The molecule has 0 spiro atoms. The Morgan fingerprint density at radius 2 is 2.00 bits per heavy atom. The molecular weight excluding hydrogens is 603 g/mol. The molecule has 0 atom stereocenters. The first kappa shape index (κ1) is 29.9. The van der Waals surface area contributed by atoms with Gasteiger partial charge < -0.3 is 10.5 Å². The number of carbonyl (C=O) groups excluding carboxylic acids is 1. The molecule has 1 saturated heterocycles. The Morgan fingerprint density at radius 3 is 2.67 bits per heavy atom. The summed E-state index contributed by atoms with van der Waals surface area (Å²) in [6, 6.07) is 9.02. The third-order valence-electron chi connectivity index (χ3n) is 6.93. The molecule has 0 unspecified atom stereocenters. The van der Waals surface area contributed by atoms with E-state index >= 15 is 0 Å². The van der Waals surface area contributed by atoms with Crippen LogP contribution in [0, 0.1) is 16.0 Å². The van der Waals surface area contributed by atoms with Gasteiger partial charge in [-0.25, -0.2) is 10.1 Å². The Morgan fingerprint density at radius 1 is 1.26 bits per heavy atom. The number of nitrogen functional groups attached to an aromatic ring is 1. The van der Waals surface area contributed by atoms with Crippen molar-refractivity contribution in [1.82, 2.24) is 35.6 Å². The van der Waals surface area contributed by atoms with Crippen LogP contribution in [0.1, 0.15) is 47.1 Å². The zero-order valence-corrected chi connectivity index (χ0v) is 24.3. The summed E-state index contributed by atoms with van der Waals surface area (Å²) < 4.78 is 11.9. The highest BCUT2D eigenvalue weighted by Gasteiger charge is 2.27. The van der Waals surface area contributed by atoms with E-state index in [-0.39, 0.29) is 40.9 Å². The van der Waals surface area contributed by atoms with Gasteiger partial charge in [0.05, 0.1) is 16.8 Å². The van der Waals surface area contributed by atoms with E-state index in [0.29, 0.717) is 33.8 Å². The summed E-state index contributed by atoms with van der Waals surface area (Å²) in [5.74, 6) is 0.274. The van der Waals surface area contributed by atoms with Gasteiger partial charge in [-0.15, -0.1) is 5.10 Å². The highest BCUT2D eigenvalue weighted by atomic mass is 35.5. The van der Waals surface area contributed by atoms with Crippen molar-refractivity contribution in [3.05, 3.63) is 79.1 Å². The minimum Gasteiger partial charge on any atom is -0.488 e. The molecule has 1 aliphatic rings. The van der Waals surface area contributed by atoms with Crippen molar-refractivity contribution in [3.8, 4) is 11.6 Å². The van der Waals surface area contributed by atoms with Gasteiger partial charge in [0.15, 0.2) is 5.69 Å². The van der Waals surface area contributed by atoms with Gasteiger partial charge >= 0.3 is 0 Å². The van der Waals surface area contributed by atoms with Gasteiger partial charge in [-0.05, 0) is 60.4 Å². The second-order valence-electron chi connectivity index (χ2n) is 9.90. The Hall–Kier alpha value is -4.60. The van der Waals surface area contributed by atoms with E-state index in [1.807, 2.05) is 0 Å². The van der Waals surface area contributed by atoms with Gasteiger partial charge in [0.25, 0.3) is 11.6 Å². The number of hydrogen-bond acceptors (Lipinski definition) is 12. The average Bonchev–Trinajstić information content (AvgIpc) is 3.59. The van der Waals surface area contributed by atoms with Crippen LogP contribution in [0.5, 0.6) is 5.75 Å². The van der Waals surface area contributed by atoms with E-state index < -0.39 is 10.8 Å². The van der Waals surface area contributed by atoms with Crippen LogP contribution in [0.25, 0.3) is 5.82 Å². The number of carbonyl (C=O) groups is 1. The van der Waals surface area contributed by atoms with E-state index in [4.69, 9.17) is 38.3 Å². The normalized spacial score (nSPS) is 14.3. The van der Waals surface area contributed by atoms with Gasteiger partial charge in [-0.1, -0.05) is 41.4 Å². The number of hydrazone groups is 1. The Balaban J connectivity index is 1.37. The summed E-state index contributed by atoms with van der Waals surface area (Å²) in [7, 11) is 0. The number of piperidine rings is 1. The molecule has 15 nitrogen and oxygen atoms in total. The lowest BCUT2D eigenvalue weighted by molar-refractivity contribution is -0.384. The second kappa shape index (κ2) is 13.1. The van der Waals surface area contributed by atoms with Crippen molar-refractivity contribution in [3.63, 3.8) is 0 Å². The highest BCUT2D eigenvalue weighted by molar-refractivity contribution is 6.35. The summed E-state index contributed by atoms with van der Waals surface area (Å²) in [5, 5.41) is 31.7. The van der Waals surface area contributed by atoms with E-state index in [1.165, 1.54) is 29.1 Å². The predicted octanol–water partition coefficient (Wildman–Crippen LogP) is 4.02. The first-order valence-corrected chi connectivity index (χ1v) is 13.9. The molecule has 0 radical (unpaired) electrons. The quantitative estimate of drug-likeness (QED) is 0.146. The average molecular weight is 629 g/mol. The third-order valence-corrected chi connectivity index (χ3v) is 7.64. The van der Waals surface area contributed by atoms with Gasteiger partial charge in [-0.2, -0.15) is 9.78 Å². The lowest BCUT2D eigenvalue weighted by atomic mass is 9.99. The number of amides is 1. The highest BCUT2D eigenvalue weighted by Crippen LogP contribution is 2.28. The van der Waals surface area contributed by atoms with Crippen molar-refractivity contribution < 1.29 is 19.1 Å². The molecule has 4 aromatic rings. The van der Waals surface area contributed by atoms with Crippen LogP contribution >= 0.6 is 23.2 Å². The standard InChI is InChI=1S/C26H26Cl2N10O5/c1-15-7-9-36(10-8-15)13-21-23(31-35-37(21)25-24(29)33-43-34-25)26(39)32-30-12-16-11-17(38(40)41)5-6-22(16)42-14-18-19(27)3-2-4-20(18)28/h2-6,11-12,15H,7-10,13-14H2,1H3,(H2,29,33)(H,32,39). The zero-order valence-electron chi connectivity index (χ0n) is 22.8. The summed E-state index contributed by atoms with van der Waals surface area (Å²) in [6.45, 7) is 4.18. The Labute approximate surface area is 254 Å². The molecule has 0 bridgehead atoms. The number of likely N-dealkylation sites (tertiary alicyclic amines) is 1. The molecule has 224 valence electrons. The molecule has 1 aliphatic heterocycles. The fourth-order valence-electron chi connectivity index (χ4n) is 4.48. The van der Waals surface area contributed by atoms with Gasteiger partial charge in [0.2, 0.25) is 11.6 Å². The maximum atomic E-state index is 13.2. The number of nitro benzene ring substituents is 1. The molecule has 0 saturated carbocycles. The first-order chi connectivity index (χ1) is 20.7. The number of nitrogens with zero attached hydrogens (tertiary/aromatic N) is 8. The monoisotopic (exact) mass is 628 g/mol. The van der Waals surface area contributed by atoms with Crippen molar-refractivity contribution in [2.75, 3.05) is 18.8 Å². The van der Waals surface area contributed by atoms with Crippen LogP contribution in [-0.4, -0.2) is 60.3 Å². The number of rotatable bonds is 10. The molecule has 2 aromatic heterocycles. The maximum Gasteiger partial charge on any atom is 0.293 e. The number of aromatic nitrogens is 5. The first-order valence-electron chi connectivity index (χ1n) is 13.1. The van der Waals surface area contributed by atoms with E-state index in [2.05, 4.69) is 43.0 Å². The lowest BCUT2D eigenvalue weighted by Gasteiger charge is -2.30. The van der Waals surface area contributed by atoms with Crippen molar-refractivity contribution in [2.45, 2.75) is 32.9 Å². The molecule has 43 heavy (non-hydrogen) atoms. The van der Waals surface area contributed by atoms with E-state index in [9.17, 15) is 14.9 Å². The van der Waals surface area contributed by atoms with Crippen LogP contribution in [0.3, 0.4) is 0 Å². The fourth-order valence-corrected chi connectivity index (χ4v) is 4.98. The van der Waals surface area contributed by atoms with Crippen LogP contribution in [0.15, 0.2) is 46.1 Å². The summed E-state index contributed by atoms with van der Waals surface area (Å²) >= 11 is 12.5. The molecule has 3 N–H and O–H groups in total. The molecule has 3 heterocycles. The van der Waals surface area contributed by atoms with Crippen molar-refractivity contribution in [2.24, 2.45) is 11.0 Å². The number of anilines is 1. The molecule has 2 aromatic carbocycles. The number of nitrogens with one attached hydrogen (secondary N) is 1. The smallest absolute Gasteiger partial charge is 0.293 e. The third kappa shape index (κ3) is 6.90. The second-order valence-corrected chi connectivity index (χ2v) is 10.7. The van der Waals surface area contributed by atoms with Crippen LogP contribution in [0.2, 0.25) is 10.0 Å². The van der Waals surface area contributed by atoms with Crippen LogP contribution in [-0.2, 0) is 13.2 Å². The maximum absolute atomic E-state index is 13.2. The summed E-state index contributed by atoms with van der Waals surface area (Å²) in [4.78, 5) is 26.3. The molecule has 1 amide bonds. The summed E-state index contributed by atoms with van der Waals surface area (Å²) in [6.07, 6.45) is 3.25. The summed E-state index contributed by atoms with van der Waals surface area (Å²) in [5.41, 5.74) is 9.27. The Kier molecular flexibility index (Phi) is 9.13. The minimum absolute atomic E-state index is 0.00864. The van der Waals surface area contributed by atoms with Crippen molar-refractivity contribution in [1.29, 1.82) is 0 Å². The zero-order chi connectivity index (χ0) is 30.5. The van der Waals surface area contributed by atoms with Gasteiger partial charge in [0.1, 0.15) is 12.4 Å². The minimum atomic E-state index is -0.673. The van der Waals surface area contributed by atoms with E-state index in [0.717, 1.165) is 25.9 Å². The molecule has 0 aliphatic carbocycles.